The Balaban J connectivity index is 1.86. The highest BCUT2D eigenvalue weighted by Gasteiger charge is 2.09. The first-order valence-corrected chi connectivity index (χ1v) is 7.62. The molecular formula is C17H16Cl2O4. The minimum absolute atomic E-state index is 0.101. The van der Waals surface area contributed by atoms with Crippen LogP contribution in [0.4, 0.5) is 0 Å². The molecule has 4 nitrogen and oxygen atoms in total. The van der Waals surface area contributed by atoms with Crippen molar-refractivity contribution < 1.29 is 19.0 Å². The zero-order valence-electron chi connectivity index (χ0n) is 12.8. The van der Waals surface area contributed by atoms with Gasteiger partial charge in [-0.25, -0.2) is 4.79 Å². The summed E-state index contributed by atoms with van der Waals surface area (Å²) in [5.74, 6) is 0.575. The SMILES string of the molecule is COc1cc(C)ccc1OCC(=O)OCc1ccc(Cl)c(Cl)c1. The Morgan fingerprint density at radius 3 is 2.52 bits per heavy atom. The molecular weight excluding hydrogens is 339 g/mol. The van der Waals surface area contributed by atoms with E-state index in [9.17, 15) is 4.79 Å². The molecule has 0 aromatic heterocycles. The van der Waals surface area contributed by atoms with Gasteiger partial charge in [0, 0.05) is 0 Å². The molecule has 0 bridgehead atoms. The molecule has 0 radical (unpaired) electrons. The maximum Gasteiger partial charge on any atom is 0.344 e. The molecule has 0 heterocycles. The van der Waals surface area contributed by atoms with Gasteiger partial charge in [0.1, 0.15) is 6.61 Å². The maximum atomic E-state index is 11.8. The lowest BCUT2D eigenvalue weighted by Gasteiger charge is -2.11. The standard InChI is InChI=1S/C17H16Cl2O4/c1-11-3-6-15(16(7-11)21-2)22-10-17(20)23-9-12-4-5-13(18)14(19)8-12/h3-8H,9-10H2,1-2H3. The van der Waals surface area contributed by atoms with Gasteiger partial charge in [-0.3, -0.25) is 0 Å². The maximum absolute atomic E-state index is 11.8. The minimum Gasteiger partial charge on any atom is -0.493 e. The third kappa shape index (κ3) is 5.05. The number of ether oxygens (including phenoxy) is 3. The van der Waals surface area contributed by atoms with Crippen LogP contribution >= 0.6 is 23.2 Å². The van der Waals surface area contributed by atoms with Gasteiger partial charge in [-0.2, -0.15) is 0 Å². The summed E-state index contributed by atoms with van der Waals surface area (Å²) in [6, 6.07) is 10.5. The number of halogens is 2. The van der Waals surface area contributed by atoms with E-state index in [1.807, 2.05) is 19.1 Å². The lowest BCUT2D eigenvalue weighted by Crippen LogP contribution is -2.15. The zero-order valence-corrected chi connectivity index (χ0v) is 14.3. The molecule has 0 spiro atoms. The Labute approximate surface area is 144 Å². The van der Waals surface area contributed by atoms with Crippen LogP contribution in [0, 0.1) is 6.92 Å². The van der Waals surface area contributed by atoms with Crippen molar-refractivity contribution in [2.45, 2.75) is 13.5 Å². The van der Waals surface area contributed by atoms with Gasteiger partial charge in [0.05, 0.1) is 17.2 Å². The minimum atomic E-state index is -0.487. The van der Waals surface area contributed by atoms with Crippen LogP contribution in [-0.4, -0.2) is 19.7 Å². The Bertz CT molecular complexity index is 701. The number of methoxy groups -OCH3 is 1. The number of benzene rings is 2. The number of carbonyl (C=O) groups excluding carboxylic acids is 1. The summed E-state index contributed by atoms with van der Waals surface area (Å²) in [6.45, 7) is 1.84. The first kappa shape index (κ1) is 17.4. The third-order valence-electron chi connectivity index (χ3n) is 3.05. The fraction of sp³-hybridized carbons (Fsp3) is 0.235. The predicted molar refractivity (Wildman–Crippen MR) is 89.5 cm³/mol. The molecule has 6 heteroatoms. The normalized spacial score (nSPS) is 10.3. The molecule has 0 N–H and O–H groups in total. The van der Waals surface area contributed by atoms with Gasteiger partial charge < -0.3 is 14.2 Å². The summed E-state index contributed by atoms with van der Waals surface area (Å²) < 4.78 is 15.8. The lowest BCUT2D eigenvalue weighted by molar-refractivity contribution is -0.147. The van der Waals surface area contributed by atoms with Gasteiger partial charge in [-0.05, 0) is 42.3 Å². The lowest BCUT2D eigenvalue weighted by atomic mass is 10.2. The Morgan fingerprint density at radius 1 is 1.04 bits per heavy atom. The second kappa shape index (κ2) is 8.09. The molecule has 0 saturated carbocycles. The molecule has 0 saturated heterocycles. The third-order valence-corrected chi connectivity index (χ3v) is 3.79. The van der Waals surface area contributed by atoms with Crippen LogP contribution < -0.4 is 9.47 Å². The topological polar surface area (TPSA) is 44.8 Å². The monoisotopic (exact) mass is 354 g/mol. The van der Waals surface area contributed by atoms with Crippen molar-refractivity contribution in [2.75, 3.05) is 13.7 Å². The van der Waals surface area contributed by atoms with Gasteiger partial charge in [-0.15, -0.1) is 0 Å². The predicted octanol–water partition coefficient (Wildman–Crippen LogP) is 4.43. The summed E-state index contributed by atoms with van der Waals surface area (Å²) in [7, 11) is 1.55. The Morgan fingerprint density at radius 2 is 1.83 bits per heavy atom. The van der Waals surface area contributed by atoms with E-state index in [4.69, 9.17) is 37.4 Å². The molecule has 0 unspecified atom stereocenters. The van der Waals surface area contributed by atoms with Crippen molar-refractivity contribution in [1.29, 1.82) is 0 Å². The molecule has 2 rings (SSSR count). The molecule has 0 fully saturated rings. The van der Waals surface area contributed by atoms with E-state index in [-0.39, 0.29) is 13.2 Å². The number of rotatable bonds is 6. The average Bonchev–Trinajstić information content (AvgIpc) is 2.54. The second-order valence-electron chi connectivity index (χ2n) is 4.85. The van der Waals surface area contributed by atoms with Gasteiger partial charge >= 0.3 is 5.97 Å². The van der Waals surface area contributed by atoms with Crippen molar-refractivity contribution in [3.8, 4) is 11.5 Å². The smallest absolute Gasteiger partial charge is 0.344 e. The zero-order chi connectivity index (χ0) is 16.8. The number of hydrogen-bond donors (Lipinski definition) is 0. The highest BCUT2D eigenvalue weighted by molar-refractivity contribution is 6.42. The van der Waals surface area contributed by atoms with Crippen LogP contribution in [0.25, 0.3) is 0 Å². The van der Waals surface area contributed by atoms with Gasteiger partial charge in [0.25, 0.3) is 0 Å². The van der Waals surface area contributed by atoms with Gasteiger partial charge in [0.2, 0.25) is 0 Å². The Hall–Kier alpha value is -1.91. The van der Waals surface area contributed by atoms with E-state index in [1.165, 1.54) is 0 Å². The number of hydrogen-bond acceptors (Lipinski definition) is 4. The van der Waals surface area contributed by atoms with E-state index in [0.717, 1.165) is 11.1 Å². The van der Waals surface area contributed by atoms with Crippen molar-refractivity contribution in [1.82, 2.24) is 0 Å². The van der Waals surface area contributed by atoms with E-state index >= 15 is 0 Å². The molecule has 122 valence electrons. The highest BCUT2D eigenvalue weighted by atomic mass is 35.5. The number of carbonyl (C=O) groups is 1. The fourth-order valence-electron chi connectivity index (χ4n) is 1.87. The molecule has 0 aliphatic rings. The van der Waals surface area contributed by atoms with Crippen LogP contribution in [0.1, 0.15) is 11.1 Å². The van der Waals surface area contributed by atoms with Crippen LogP contribution in [0.3, 0.4) is 0 Å². The molecule has 0 atom stereocenters. The van der Waals surface area contributed by atoms with Gasteiger partial charge in [-0.1, -0.05) is 35.3 Å². The molecule has 2 aromatic rings. The molecule has 2 aromatic carbocycles. The van der Waals surface area contributed by atoms with E-state index in [2.05, 4.69) is 0 Å². The summed E-state index contributed by atoms with van der Waals surface area (Å²) >= 11 is 11.7. The number of esters is 1. The average molecular weight is 355 g/mol. The molecule has 23 heavy (non-hydrogen) atoms. The van der Waals surface area contributed by atoms with Crippen molar-refractivity contribution in [3.63, 3.8) is 0 Å². The van der Waals surface area contributed by atoms with Crippen LogP contribution in [0.5, 0.6) is 11.5 Å². The summed E-state index contributed by atoms with van der Waals surface area (Å²) in [5.41, 5.74) is 1.79. The van der Waals surface area contributed by atoms with E-state index in [1.54, 1.807) is 31.4 Å². The van der Waals surface area contributed by atoms with Crippen molar-refractivity contribution in [2.24, 2.45) is 0 Å². The molecule has 0 aliphatic carbocycles. The molecule has 0 amide bonds. The van der Waals surface area contributed by atoms with Gasteiger partial charge in [0.15, 0.2) is 18.1 Å². The highest BCUT2D eigenvalue weighted by Crippen LogP contribution is 2.27. The second-order valence-corrected chi connectivity index (χ2v) is 5.67. The van der Waals surface area contributed by atoms with E-state index in [0.29, 0.717) is 21.5 Å². The van der Waals surface area contributed by atoms with E-state index < -0.39 is 5.97 Å². The largest absolute Gasteiger partial charge is 0.493 e. The summed E-state index contributed by atoms with van der Waals surface area (Å²) in [5, 5.41) is 0.873. The fourth-order valence-corrected chi connectivity index (χ4v) is 2.19. The first-order chi connectivity index (χ1) is 11.0. The van der Waals surface area contributed by atoms with Crippen molar-refractivity contribution >= 4 is 29.2 Å². The van der Waals surface area contributed by atoms with Crippen LogP contribution in [-0.2, 0) is 16.1 Å². The van der Waals surface area contributed by atoms with Crippen LogP contribution in [0.2, 0.25) is 10.0 Å². The quantitative estimate of drug-likeness (QED) is 0.719. The van der Waals surface area contributed by atoms with Crippen LogP contribution in [0.15, 0.2) is 36.4 Å². The summed E-state index contributed by atoms with van der Waals surface area (Å²) in [4.78, 5) is 11.8. The molecule has 0 aliphatic heterocycles. The van der Waals surface area contributed by atoms with Crippen molar-refractivity contribution in [3.05, 3.63) is 57.6 Å². The number of aryl methyl sites for hydroxylation is 1. The summed E-state index contributed by atoms with van der Waals surface area (Å²) in [6.07, 6.45) is 0. The first-order valence-electron chi connectivity index (χ1n) is 6.86. The Kier molecular flexibility index (Phi) is 6.13.